The van der Waals surface area contributed by atoms with Crippen molar-refractivity contribution in [2.45, 2.75) is 0 Å². The molecule has 0 aliphatic heterocycles. The predicted octanol–water partition coefficient (Wildman–Crippen LogP) is 22.2. The lowest BCUT2D eigenvalue weighted by Crippen LogP contribution is -2.02. The monoisotopic (exact) mass is 1190 g/mol. The van der Waals surface area contributed by atoms with Crippen molar-refractivity contribution < 1.29 is 0 Å². The van der Waals surface area contributed by atoms with Crippen LogP contribution in [0.3, 0.4) is 0 Å². The van der Waals surface area contributed by atoms with Crippen LogP contribution in [0.4, 0.5) is 0 Å². The topological polar surface area (TPSA) is 69.3 Å². The number of rotatable bonds is 8. The number of fused-ring (bicyclic) bond motifs is 15. The third kappa shape index (κ3) is 7.65. The van der Waals surface area contributed by atoms with Crippen LogP contribution in [0.2, 0.25) is 0 Å². The normalized spacial score (nSPS) is 12.0. The van der Waals surface area contributed by atoms with E-state index in [-0.39, 0.29) is 0 Å². The molecule has 0 fully saturated rings. The van der Waals surface area contributed by atoms with Crippen molar-refractivity contribution in [3.8, 4) is 96.1 Å². The molecule has 0 radical (unpaired) electrons. The zero-order chi connectivity index (χ0) is 61.7. The van der Waals surface area contributed by atoms with Gasteiger partial charge in [0.1, 0.15) is 0 Å². The molecule has 0 N–H and O–H groups in total. The van der Waals surface area contributed by atoms with Gasteiger partial charge in [0, 0.05) is 88.1 Å². The smallest absolute Gasteiger partial charge is 0.160 e. The Balaban J connectivity index is 0.808. The summed E-state index contributed by atoms with van der Waals surface area (Å²) in [4.78, 5) is 11.4. The molecule has 5 aromatic heterocycles. The highest BCUT2D eigenvalue weighted by atomic mass is 15.0. The molecule has 1 aliphatic rings. The van der Waals surface area contributed by atoms with Crippen LogP contribution in [0.25, 0.3) is 188 Å². The molecule has 0 bridgehead atoms. The molecule has 434 valence electrons. The SMILES string of the molecule is N#Cc1ccc(-c2nc(-c3cc(-n4c5ccccc5c5cc(-c6ccc7c(c6)c6ccccc6n7-c6ccccc6)ccc54)cc(-n4c5ccccc5c5cc(-c6ccc7c(c6)c6ccccc6n7-c6ccccc6)ccc54)c3)nc3c2-c2cccc4cccc-3c24)cc1. The Kier molecular flexibility index (Phi) is 11.1. The van der Waals surface area contributed by atoms with Gasteiger partial charge >= 0.3 is 0 Å². The van der Waals surface area contributed by atoms with Crippen LogP contribution < -0.4 is 0 Å². The van der Waals surface area contributed by atoms with E-state index in [1.165, 1.54) is 49.0 Å². The lowest BCUT2D eigenvalue weighted by Gasteiger charge is -2.17. The zero-order valence-electron chi connectivity index (χ0n) is 50.6. The molecule has 5 heterocycles. The molecular formula is C87H51N7. The summed E-state index contributed by atoms with van der Waals surface area (Å²) in [5, 5.41) is 21.8. The van der Waals surface area contributed by atoms with Crippen LogP contribution >= 0.6 is 0 Å². The molecular weight excluding hydrogens is 1140 g/mol. The summed E-state index contributed by atoms with van der Waals surface area (Å²) < 4.78 is 9.61. The standard InChI is InChI=1S/C87H51N7/c88-52-53-33-35-55(36-34-53)85-84-69-27-15-17-54-18-16-28-70(83(54)69)86(84)90-87(89-85)60-45-63(93-77-31-13-9-25-67(77)73-49-58(39-43-81(73)93)56-37-41-79-71(47-56)65-23-7-11-29-75(65)91(79)61-19-3-1-4-20-61)51-64(46-60)94-78-32-14-10-26-68(78)74-50-59(40-44-82(74)94)57-38-42-80-72(48-57)66-24-8-12-30-76(66)92(80)62-21-5-2-6-22-62/h1-51H. The molecule has 1 aliphatic carbocycles. The van der Waals surface area contributed by atoms with Crippen LogP contribution in [0, 0.1) is 11.3 Å². The van der Waals surface area contributed by atoms with Gasteiger partial charge in [0.25, 0.3) is 0 Å². The molecule has 0 amide bonds. The Bertz CT molecular complexity index is 6170. The number of hydrogen-bond acceptors (Lipinski definition) is 3. The van der Waals surface area contributed by atoms with E-state index in [9.17, 15) is 5.26 Å². The van der Waals surface area contributed by atoms with Gasteiger partial charge in [-0.1, -0.05) is 182 Å². The number of nitriles is 1. The fourth-order valence-electron chi connectivity index (χ4n) is 15.6. The number of para-hydroxylation sites is 6. The van der Waals surface area contributed by atoms with E-state index < -0.39 is 0 Å². The Morgan fingerprint density at radius 1 is 0.255 bits per heavy atom. The second kappa shape index (κ2) is 20.1. The molecule has 0 atom stereocenters. The summed E-state index contributed by atoms with van der Waals surface area (Å²) in [6.07, 6.45) is 0. The molecule has 7 nitrogen and oxygen atoms in total. The highest BCUT2D eigenvalue weighted by Crippen LogP contribution is 2.51. The molecule has 19 aromatic rings. The Hall–Kier alpha value is -12.9. The first-order chi connectivity index (χ1) is 46.6. The molecule has 0 unspecified atom stereocenters. The highest BCUT2D eigenvalue weighted by molar-refractivity contribution is 6.18. The van der Waals surface area contributed by atoms with Crippen molar-refractivity contribution in [2.75, 3.05) is 0 Å². The lowest BCUT2D eigenvalue weighted by molar-refractivity contribution is 1.12. The number of aromatic nitrogens is 6. The van der Waals surface area contributed by atoms with Gasteiger partial charge in [0.2, 0.25) is 0 Å². The van der Waals surface area contributed by atoms with Crippen molar-refractivity contribution in [1.82, 2.24) is 28.2 Å². The third-order valence-electron chi connectivity index (χ3n) is 19.7. The van der Waals surface area contributed by atoms with Gasteiger partial charge in [0.05, 0.1) is 67.2 Å². The van der Waals surface area contributed by atoms with Crippen molar-refractivity contribution in [3.05, 3.63) is 315 Å². The molecule has 14 aromatic carbocycles. The van der Waals surface area contributed by atoms with Gasteiger partial charge in [-0.3, -0.25) is 0 Å². The van der Waals surface area contributed by atoms with Gasteiger partial charge < -0.3 is 18.3 Å². The van der Waals surface area contributed by atoms with E-state index in [1.54, 1.807) is 0 Å². The maximum atomic E-state index is 9.99. The van der Waals surface area contributed by atoms with Gasteiger partial charge in [0.15, 0.2) is 5.82 Å². The Labute approximate surface area is 539 Å². The minimum Gasteiger partial charge on any atom is -0.309 e. The summed E-state index contributed by atoms with van der Waals surface area (Å²) in [7, 11) is 0. The van der Waals surface area contributed by atoms with Crippen LogP contribution in [0.5, 0.6) is 0 Å². The fourth-order valence-corrected chi connectivity index (χ4v) is 15.6. The summed E-state index contributed by atoms with van der Waals surface area (Å²) in [6.45, 7) is 0. The maximum Gasteiger partial charge on any atom is 0.160 e. The minimum atomic E-state index is 0.593. The summed E-state index contributed by atoms with van der Waals surface area (Å²) in [6, 6.07) is 114. The number of nitrogens with zero attached hydrogens (tertiary/aromatic N) is 7. The first-order valence-electron chi connectivity index (χ1n) is 31.9. The second-order valence-corrected chi connectivity index (χ2v) is 24.8. The molecule has 0 saturated heterocycles. The van der Waals surface area contributed by atoms with Crippen LogP contribution in [0.15, 0.2) is 309 Å². The molecule has 20 rings (SSSR count). The van der Waals surface area contributed by atoms with E-state index in [0.29, 0.717) is 11.4 Å². The second-order valence-electron chi connectivity index (χ2n) is 24.8. The maximum absolute atomic E-state index is 9.99. The van der Waals surface area contributed by atoms with Gasteiger partial charge in [-0.2, -0.15) is 5.26 Å². The van der Waals surface area contributed by atoms with Crippen molar-refractivity contribution in [3.63, 3.8) is 0 Å². The number of benzene rings is 14. The average Bonchev–Trinajstić information content (AvgIpc) is 1.56. The summed E-state index contributed by atoms with van der Waals surface area (Å²) >= 11 is 0. The zero-order valence-corrected chi connectivity index (χ0v) is 50.6. The van der Waals surface area contributed by atoms with Crippen LogP contribution in [0.1, 0.15) is 5.56 Å². The fraction of sp³-hybridized carbons (Fsp3) is 0. The first-order valence-corrected chi connectivity index (χ1v) is 31.9. The molecule has 7 heteroatoms. The average molecular weight is 1190 g/mol. The quantitative estimate of drug-likeness (QED) is 0.152. The Morgan fingerprint density at radius 3 is 1.04 bits per heavy atom. The van der Waals surface area contributed by atoms with E-state index >= 15 is 0 Å². The molecule has 94 heavy (non-hydrogen) atoms. The minimum absolute atomic E-state index is 0.593. The number of hydrogen-bond donors (Lipinski definition) is 0. The van der Waals surface area contributed by atoms with Crippen LogP contribution in [-0.2, 0) is 0 Å². The van der Waals surface area contributed by atoms with Gasteiger partial charge in [-0.25, -0.2) is 9.97 Å². The van der Waals surface area contributed by atoms with E-state index in [2.05, 4.69) is 309 Å². The third-order valence-corrected chi connectivity index (χ3v) is 19.7. The Morgan fingerprint density at radius 2 is 0.617 bits per heavy atom. The largest absolute Gasteiger partial charge is 0.309 e. The van der Waals surface area contributed by atoms with E-state index in [1.807, 2.05) is 24.3 Å². The summed E-state index contributed by atoms with van der Waals surface area (Å²) in [5.41, 5.74) is 25.1. The van der Waals surface area contributed by atoms with Crippen LogP contribution in [-0.4, -0.2) is 28.2 Å². The van der Waals surface area contributed by atoms with Crippen molar-refractivity contribution in [2.24, 2.45) is 0 Å². The van der Waals surface area contributed by atoms with E-state index in [4.69, 9.17) is 9.97 Å². The van der Waals surface area contributed by atoms with Gasteiger partial charge in [-0.15, -0.1) is 0 Å². The van der Waals surface area contributed by atoms with Gasteiger partial charge in [-0.05, 0) is 166 Å². The lowest BCUT2D eigenvalue weighted by atomic mass is 9.99. The van der Waals surface area contributed by atoms with Crippen molar-refractivity contribution >= 4 is 98.0 Å². The molecule has 0 spiro atoms. The predicted molar refractivity (Wildman–Crippen MR) is 388 cm³/mol. The summed E-state index contributed by atoms with van der Waals surface area (Å²) in [5.74, 6) is 0.602. The first kappa shape index (κ1) is 51.9. The van der Waals surface area contributed by atoms with E-state index in [0.717, 1.165) is 133 Å². The van der Waals surface area contributed by atoms with Crippen molar-refractivity contribution in [1.29, 1.82) is 5.26 Å². The highest BCUT2D eigenvalue weighted by Gasteiger charge is 2.29. The molecule has 0 saturated carbocycles.